The second-order valence-electron chi connectivity index (χ2n) is 6.81. The van der Waals surface area contributed by atoms with Crippen molar-refractivity contribution in [3.63, 3.8) is 0 Å². The predicted molar refractivity (Wildman–Crippen MR) is 119 cm³/mol. The average Bonchev–Trinajstić information content (AvgIpc) is 3.04. The Kier molecular flexibility index (Phi) is 6.11. The van der Waals surface area contributed by atoms with E-state index in [1.54, 1.807) is 36.4 Å². The lowest BCUT2D eigenvalue weighted by Gasteiger charge is -2.12. The first-order chi connectivity index (χ1) is 15.3. The molecule has 0 atom stereocenters. The SMILES string of the molecule is O=C1S/C(=C\c2ccc(OS(=O)(=O)c3ccccc3)cc2)C(=O)N1Cc1ccc(F)cc1. The summed E-state index contributed by atoms with van der Waals surface area (Å²) in [5.41, 5.74) is 1.23. The summed E-state index contributed by atoms with van der Waals surface area (Å²) in [6.45, 7) is 0.0480. The Bertz CT molecular complexity index is 1290. The van der Waals surface area contributed by atoms with Gasteiger partial charge in [0.05, 0.1) is 11.4 Å². The molecule has 162 valence electrons. The van der Waals surface area contributed by atoms with Crippen LogP contribution in [0.1, 0.15) is 11.1 Å². The van der Waals surface area contributed by atoms with E-state index in [9.17, 15) is 22.4 Å². The van der Waals surface area contributed by atoms with Gasteiger partial charge >= 0.3 is 10.1 Å². The Balaban J connectivity index is 1.46. The molecule has 1 heterocycles. The third kappa shape index (κ3) is 4.90. The first-order valence-electron chi connectivity index (χ1n) is 9.41. The molecule has 0 bridgehead atoms. The molecule has 0 radical (unpaired) electrons. The van der Waals surface area contributed by atoms with E-state index in [0.29, 0.717) is 11.1 Å². The molecule has 0 saturated carbocycles. The number of carbonyl (C=O) groups excluding carboxylic acids is 2. The number of imide groups is 1. The number of hydrogen-bond donors (Lipinski definition) is 0. The van der Waals surface area contributed by atoms with E-state index in [2.05, 4.69) is 0 Å². The van der Waals surface area contributed by atoms with Crippen molar-refractivity contribution in [3.05, 3.63) is 101 Å². The largest absolute Gasteiger partial charge is 0.379 e. The van der Waals surface area contributed by atoms with Crippen molar-refractivity contribution in [1.82, 2.24) is 4.90 Å². The highest BCUT2D eigenvalue weighted by Crippen LogP contribution is 2.33. The van der Waals surface area contributed by atoms with Crippen molar-refractivity contribution in [2.75, 3.05) is 0 Å². The van der Waals surface area contributed by atoms with Gasteiger partial charge in [-0.2, -0.15) is 8.42 Å². The Morgan fingerprint density at radius 1 is 0.906 bits per heavy atom. The second kappa shape index (κ2) is 8.97. The van der Waals surface area contributed by atoms with Gasteiger partial charge in [0.1, 0.15) is 16.5 Å². The molecule has 6 nitrogen and oxygen atoms in total. The summed E-state index contributed by atoms with van der Waals surface area (Å²) < 4.78 is 42.8. The zero-order valence-corrected chi connectivity index (χ0v) is 18.1. The van der Waals surface area contributed by atoms with Crippen LogP contribution in [0.3, 0.4) is 0 Å². The molecular formula is C23H16FNO5S2. The number of hydrogen-bond acceptors (Lipinski definition) is 6. The normalized spacial score (nSPS) is 15.4. The molecule has 0 aromatic heterocycles. The van der Waals surface area contributed by atoms with Crippen molar-refractivity contribution >= 4 is 39.1 Å². The van der Waals surface area contributed by atoms with Crippen LogP contribution in [0.4, 0.5) is 9.18 Å². The molecule has 0 spiro atoms. The lowest BCUT2D eigenvalue weighted by Crippen LogP contribution is -2.27. The number of amides is 2. The van der Waals surface area contributed by atoms with Crippen LogP contribution in [0.25, 0.3) is 6.08 Å². The fraction of sp³-hybridized carbons (Fsp3) is 0.0435. The van der Waals surface area contributed by atoms with Gasteiger partial charge in [0, 0.05) is 0 Å². The highest BCUT2D eigenvalue weighted by atomic mass is 32.2. The monoisotopic (exact) mass is 469 g/mol. The zero-order valence-electron chi connectivity index (χ0n) is 16.5. The highest BCUT2D eigenvalue weighted by molar-refractivity contribution is 8.18. The van der Waals surface area contributed by atoms with E-state index >= 15 is 0 Å². The zero-order chi connectivity index (χ0) is 22.7. The standard InChI is InChI=1S/C23H16FNO5S2/c24-18-10-6-17(7-11-18)15-25-22(26)21(31-23(25)27)14-16-8-12-19(13-9-16)30-32(28,29)20-4-2-1-3-5-20/h1-14H,15H2/b21-14-. The molecule has 1 fully saturated rings. The number of halogens is 1. The fourth-order valence-corrected chi connectivity index (χ4v) is 4.73. The van der Waals surface area contributed by atoms with Crippen molar-refractivity contribution in [2.45, 2.75) is 11.4 Å². The summed E-state index contributed by atoms with van der Waals surface area (Å²) in [6, 6.07) is 19.5. The van der Waals surface area contributed by atoms with Gasteiger partial charge in [-0.3, -0.25) is 14.5 Å². The molecule has 3 aromatic rings. The Morgan fingerprint density at radius 3 is 2.22 bits per heavy atom. The number of rotatable bonds is 6. The maximum atomic E-state index is 13.1. The third-order valence-electron chi connectivity index (χ3n) is 4.54. The minimum atomic E-state index is -3.95. The number of benzene rings is 3. The van der Waals surface area contributed by atoms with Gasteiger partial charge in [0.25, 0.3) is 11.1 Å². The van der Waals surface area contributed by atoms with Gasteiger partial charge in [-0.05, 0) is 65.4 Å². The van der Waals surface area contributed by atoms with Gasteiger partial charge in [0.2, 0.25) is 0 Å². The number of thioether (sulfide) groups is 1. The lowest BCUT2D eigenvalue weighted by atomic mass is 10.2. The minimum absolute atomic E-state index is 0.0407. The van der Waals surface area contributed by atoms with E-state index in [0.717, 1.165) is 16.7 Å². The fourth-order valence-electron chi connectivity index (χ4n) is 2.94. The number of nitrogens with zero attached hydrogens (tertiary/aromatic N) is 1. The first-order valence-corrected chi connectivity index (χ1v) is 11.6. The van der Waals surface area contributed by atoms with Crippen LogP contribution in [0.2, 0.25) is 0 Å². The molecule has 1 aliphatic rings. The Hall–Kier alpha value is -3.43. The molecule has 9 heteroatoms. The summed E-state index contributed by atoms with van der Waals surface area (Å²) >= 11 is 0.808. The molecule has 0 N–H and O–H groups in total. The van der Waals surface area contributed by atoms with Crippen LogP contribution in [0.5, 0.6) is 5.75 Å². The maximum absolute atomic E-state index is 13.1. The van der Waals surface area contributed by atoms with Gasteiger partial charge in [-0.25, -0.2) is 4.39 Å². The Morgan fingerprint density at radius 2 is 1.56 bits per heavy atom. The van der Waals surface area contributed by atoms with E-state index in [4.69, 9.17) is 4.18 Å². The highest BCUT2D eigenvalue weighted by Gasteiger charge is 2.35. The van der Waals surface area contributed by atoms with Crippen LogP contribution >= 0.6 is 11.8 Å². The maximum Gasteiger partial charge on any atom is 0.339 e. The topological polar surface area (TPSA) is 80.8 Å². The molecule has 1 saturated heterocycles. The molecule has 0 aliphatic carbocycles. The smallest absolute Gasteiger partial charge is 0.339 e. The minimum Gasteiger partial charge on any atom is -0.379 e. The van der Waals surface area contributed by atoms with E-state index in [1.807, 2.05) is 0 Å². The van der Waals surface area contributed by atoms with E-state index in [-0.39, 0.29) is 22.1 Å². The third-order valence-corrected chi connectivity index (χ3v) is 6.71. The van der Waals surface area contributed by atoms with Crippen LogP contribution in [-0.4, -0.2) is 24.5 Å². The van der Waals surface area contributed by atoms with Crippen molar-refractivity contribution in [3.8, 4) is 5.75 Å². The van der Waals surface area contributed by atoms with Gasteiger partial charge < -0.3 is 4.18 Å². The van der Waals surface area contributed by atoms with Crippen LogP contribution < -0.4 is 4.18 Å². The second-order valence-corrected chi connectivity index (χ2v) is 9.35. The number of carbonyl (C=O) groups is 2. The van der Waals surface area contributed by atoms with Gasteiger partial charge in [0.15, 0.2) is 0 Å². The van der Waals surface area contributed by atoms with Crippen LogP contribution in [0.15, 0.2) is 88.7 Å². The summed E-state index contributed by atoms with van der Waals surface area (Å²) in [6.07, 6.45) is 1.55. The predicted octanol–water partition coefficient (Wildman–Crippen LogP) is 4.83. The molecule has 3 aromatic carbocycles. The molecule has 0 unspecified atom stereocenters. The Labute approximate surface area is 188 Å². The van der Waals surface area contributed by atoms with Crippen LogP contribution in [-0.2, 0) is 21.5 Å². The molecule has 1 aliphatic heterocycles. The summed E-state index contributed by atoms with van der Waals surface area (Å²) in [5.74, 6) is -0.724. The first kappa shape index (κ1) is 21.8. The summed E-state index contributed by atoms with van der Waals surface area (Å²) in [4.78, 5) is 26.3. The van der Waals surface area contributed by atoms with E-state index in [1.165, 1.54) is 48.5 Å². The molecule has 4 rings (SSSR count). The summed E-state index contributed by atoms with van der Waals surface area (Å²) in [7, 11) is -3.95. The average molecular weight is 470 g/mol. The van der Waals surface area contributed by atoms with Crippen LogP contribution in [0, 0.1) is 5.82 Å². The molecular weight excluding hydrogens is 453 g/mol. The van der Waals surface area contributed by atoms with Crippen molar-refractivity contribution in [2.24, 2.45) is 0 Å². The van der Waals surface area contributed by atoms with E-state index < -0.39 is 27.1 Å². The van der Waals surface area contributed by atoms with Crippen molar-refractivity contribution in [1.29, 1.82) is 0 Å². The summed E-state index contributed by atoms with van der Waals surface area (Å²) in [5, 5.41) is -0.417. The molecule has 2 amide bonds. The van der Waals surface area contributed by atoms with Crippen molar-refractivity contribution < 1.29 is 26.6 Å². The van der Waals surface area contributed by atoms with Gasteiger partial charge in [-0.1, -0.05) is 42.5 Å². The van der Waals surface area contributed by atoms with Gasteiger partial charge in [-0.15, -0.1) is 0 Å². The lowest BCUT2D eigenvalue weighted by molar-refractivity contribution is -0.123. The molecule has 32 heavy (non-hydrogen) atoms. The quantitative estimate of drug-likeness (QED) is 0.380.